The van der Waals surface area contributed by atoms with E-state index in [2.05, 4.69) is 10.4 Å². The van der Waals surface area contributed by atoms with Crippen LogP contribution >= 0.6 is 0 Å². The number of aromatic nitrogens is 2. The van der Waals surface area contributed by atoms with Crippen molar-refractivity contribution in [2.75, 3.05) is 0 Å². The Kier molecular flexibility index (Phi) is 4.53. The molecule has 2 rings (SSSR count). The van der Waals surface area contributed by atoms with Crippen molar-refractivity contribution >= 4 is 5.97 Å². The van der Waals surface area contributed by atoms with Gasteiger partial charge in [0.2, 0.25) is 0 Å². The molecule has 0 bridgehead atoms. The average molecular weight is 273 g/mol. The summed E-state index contributed by atoms with van der Waals surface area (Å²) in [4.78, 5) is 11.4. The van der Waals surface area contributed by atoms with Gasteiger partial charge in [0, 0.05) is 24.3 Å². The van der Waals surface area contributed by atoms with Gasteiger partial charge in [-0.2, -0.15) is 5.10 Å². The maximum Gasteiger partial charge on any atom is 0.325 e. The van der Waals surface area contributed by atoms with Crippen molar-refractivity contribution in [3.63, 3.8) is 0 Å². The number of nitrogens with zero attached hydrogens (tertiary/aromatic N) is 2. The Morgan fingerprint density at radius 2 is 2.05 bits per heavy atom. The highest BCUT2D eigenvalue weighted by Crippen LogP contribution is 2.14. The minimum Gasteiger partial charge on any atom is -0.480 e. The molecule has 1 aromatic heterocycles. The molecule has 0 fully saturated rings. The van der Waals surface area contributed by atoms with E-state index in [-0.39, 0.29) is 0 Å². The number of benzene rings is 1. The largest absolute Gasteiger partial charge is 0.480 e. The standard InChI is InChI=1S/C15H19N3O2/c1-11(2)18-10-12(9-17-18)8-16-14(15(19)20)13-6-4-3-5-7-13/h3-7,9-11,14,16H,8H2,1-2H3,(H,19,20). The lowest BCUT2D eigenvalue weighted by molar-refractivity contribution is -0.139. The summed E-state index contributed by atoms with van der Waals surface area (Å²) in [5, 5.41) is 16.6. The molecule has 1 atom stereocenters. The fraction of sp³-hybridized carbons (Fsp3) is 0.333. The first kappa shape index (κ1) is 14.3. The molecule has 1 aromatic carbocycles. The number of aliphatic carboxylic acids is 1. The second-order valence-electron chi connectivity index (χ2n) is 4.99. The summed E-state index contributed by atoms with van der Waals surface area (Å²) in [6.45, 7) is 4.57. The summed E-state index contributed by atoms with van der Waals surface area (Å²) >= 11 is 0. The first-order chi connectivity index (χ1) is 9.58. The van der Waals surface area contributed by atoms with Crippen LogP contribution in [0.25, 0.3) is 0 Å². The SMILES string of the molecule is CC(C)n1cc(CNC(C(=O)O)c2ccccc2)cn1. The van der Waals surface area contributed by atoms with Crippen LogP contribution in [0.4, 0.5) is 0 Å². The van der Waals surface area contributed by atoms with Crippen molar-refractivity contribution in [3.05, 3.63) is 53.9 Å². The van der Waals surface area contributed by atoms with Crippen molar-refractivity contribution in [2.45, 2.75) is 32.5 Å². The average Bonchev–Trinajstić information content (AvgIpc) is 2.89. The number of carboxylic acid groups (broad SMARTS) is 1. The number of hydrogen-bond acceptors (Lipinski definition) is 3. The van der Waals surface area contributed by atoms with Crippen LogP contribution in [-0.2, 0) is 11.3 Å². The van der Waals surface area contributed by atoms with Crippen molar-refractivity contribution in [1.82, 2.24) is 15.1 Å². The topological polar surface area (TPSA) is 67.2 Å². The van der Waals surface area contributed by atoms with E-state index >= 15 is 0 Å². The molecule has 0 radical (unpaired) electrons. The molecular weight excluding hydrogens is 254 g/mol. The zero-order valence-electron chi connectivity index (χ0n) is 11.7. The summed E-state index contributed by atoms with van der Waals surface area (Å²) in [5.41, 5.74) is 1.72. The zero-order chi connectivity index (χ0) is 14.5. The van der Waals surface area contributed by atoms with Crippen LogP contribution < -0.4 is 5.32 Å². The molecule has 1 unspecified atom stereocenters. The van der Waals surface area contributed by atoms with Crippen LogP contribution in [0.2, 0.25) is 0 Å². The van der Waals surface area contributed by atoms with E-state index in [0.29, 0.717) is 12.6 Å². The van der Waals surface area contributed by atoms with Gasteiger partial charge in [-0.1, -0.05) is 30.3 Å². The second-order valence-corrected chi connectivity index (χ2v) is 4.99. The van der Waals surface area contributed by atoms with Crippen molar-refractivity contribution < 1.29 is 9.90 Å². The predicted octanol–water partition coefficient (Wildman–Crippen LogP) is 2.38. The van der Waals surface area contributed by atoms with Crippen molar-refractivity contribution in [1.29, 1.82) is 0 Å². The molecule has 0 saturated carbocycles. The molecule has 2 aromatic rings. The molecule has 0 amide bonds. The van der Waals surface area contributed by atoms with Crippen molar-refractivity contribution in [2.24, 2.45) is 0 Å². The molecule has 106 valence electrons. The Bertz CT molecular complexity index is 564. The maximum atomic E-state index is 11.4. The molecule has 0 aliphatic heterocycles. The molecule has 5 nitrogen and oxygen atoms in total. The summed E-state index contributed by atoms with van der Waals surface area (Å²) in [6.07, 6.45) is 3.69. The van der Waals surface area contributed by atoms with Gasteiger partial charge >= 0.3 is 5.97 Å². The van der Waals surface area contributed by atoms with E-state index in [0.717, 1.165) is 11.1 Å². The number of hydrogen-bond donors (Lipinski definition) is 2. The van der Waals surface area contributed by atoms with Crippen LogP contribution in [0.1, 0.15) is 37.1 Å². The first-order valence-electron chi connectivity index (χ1n) is 6.62. The van der Waals surface area contributed by atoms with Gasteiger partial charge < -0.3 is 5.11 Å². The lowest BCUT2D eigenvalue weighted by atomic mass is 10.1. The summed E-state index contributed by atoms with van der Waals surface area (Å²) < 4.78 is 1.86. The lowest BCUT2D eigenvalue weighted by Gasteiger charge is -2.14. The molecule has 0 spiro atoms. The Morgan fingerprint density at radius 3 is 2.60 bits per heavy atom. The van der Waals surface area contributed by atoms with Crippen molar-refractivity contribution in [3.8, 4) is 0 Å². The Hall–Kier alpha value is -2.14. The van der Waals surface area contributed by atoms with Crippen LogP contribution in [0.3, 0.4) is 0 Å². The normalized spacial score (nSPS) is 12.6. The van der Waals surface area contributed by atoms with Crippen LogP contribution in [0.15, 0.2) is 42.7 Å². The molecule has 0 aliphatic carbocycles. The molecule has 0 aliphatic rings. The summed E-state index contributed by atoms with van der Waals surface area (Å²) in [5.74, 6) is -0.882. The van der Waals surface area contributed by atoms with Crippen LogP contribution in [-0.4, -0.2) is 20.9 Å². The molecule has 5 heteroatoms. The molecule has 2 N–H and O–H groups in total. The van der Waals surface area contributed by atoms with Gasteiger partial charge in [-0.05, 0) is 19.4 Å². The summed E-state index contributed by atoms with van der Waals surface area (Å²) in [6, 6.07) is 8.75. The van der Waals surface area contributed by atoms with E-state index in [9.17, 15) is 9.90 Å². The van der Waals surface area contributed by atoms with Gasteiger partial charge in [-0.25, -0.2) is 0 Å². The second kappa shape index (κ2) is 6.34. The Labute approximate surface area is 118 Å². The Balaban J connectivity index is 2.04. The zero-order valence-corrected chi connectivity index (χ0v) is 11.7. The maximum absolute atomic E-state index is 11.4. The molecular formula is C15H19N3O2. The van der Waals surface area contributed by atoms with E-state index in [1.807, 2.05) is 55.1 Å². The monoisotopic (exact) mass is 273 g/mol. The highest BCUT2D eigenvalue weighted by molar-refractivity contribution is 5.75. The van der Waals surface area contributed by atoms with E-state index in [1.54, 1.807) is 6.20 Å². The van der Waals surface area contributed by atoms with Gasteiger partial charge in [0.15, 0.2) is 0 Å². The van der Waals surface area contributed by atoms with Crippen LogP contribution in [0, 0.1) is 0 Å². The highest BCUT2D eigenvalue weighted by atomic mass is 16.4. The summed E-state index contributed by atoms with van der Waals surface area (Å²) in [7, 11) is 0. The fourth-order valence-corrected chi connectivity index (χ4v) is 1.96. The van der Waals surface area contributed by atoms with Gasteiger partial charge in [-0.15, -0.1) is 0 Å². The van der Waals surface area contributed by atoms with E-state index in [4.69, 9.17) is 0 Å². The predicted molar refractivity (Wildman–Crippen MR) is 76.3 cm³/mol. The van der Waals surface area contributed by atoms with Gasteiger partial charge in [0.25, 0.3) is 0 Å². The highest BCUT2D eigenvalue weighted by Gasteiger charge is 2.18. The first-order valence-corrected chi connectivity index (χ1v) is 6.62. The third kappa shape index (κ3) is 3.45. The minimum absolute atomic E-state index is 0.299. The van der Waals surface area contributed by atoms with Gasteiger partial charge in [0.05, 0.1) is 6.20 Å². The number of rotatable bonds is 6. The van der Waals surface area contributed by atoms with Crippen LogP contribution in [0.5, 0.6) is 0 Å². The van der Waals surface area contributed by atoms with E-state index in [1.165, 1.54) is 0 Å². The molecule has 1 heterocycles. The number of carboxylic acids is 1. The lowest BCUT2D eigenvalue weighted by Crippen LogP contribution is -2.27. The molecule has 20 heavy (non-hydrogen) atoms. The van der Waals surface area contributed by atoms with Gasteiger partial charge in [-0.3, -0.25) is 14.8 Å². The van der Waals surface area contributed by atoms with E-state index < -0.39 is 12.0 Å². The fourth-order valence-electron chi connectivity index (χ4n) is 1.96. The quantitative estimate of drug-likeness (QED) is 0.848. The smallest absolute Gasteiger partial charge is 0.325 e. The third-order valence-corrected chi connectivity index (χ3v) is 3.07. The number of nitrogens with one attached hydrogen (secondary N) is 1. The number of carbonyl (C=O) groups is 1. The Morgan fingerprint density at radius 1 is 1.35 bits per heavy atom. The minimum atomic E-state index is -0.882. The van der Waals surface area contributed by atoms with Gasteiger partial charge in [0.1, 0.15) is 6.04 Å². The molecule has 0 saturated heterocycles. The third-order valence-electron chi connectivity index (χ3n) is 3.07.